The molecule has 216 valence electrons. The molecule has 0 heterocycles. The van der Waals surface area contributed by atoms with Crippen LogP contribution in [0.3, 0.4) is 0 Å². The van der Waals surface area contributed by atoms with E-state index in [-0.39, 0.29) is 59.4 Å². The molecule has 0 aromatic heterocycles. The van der Waals surface area contributed by atoms with E-state index in [1.54, 1.807) is 0 Å². The monoisotopic (exact) mass is 517 g/mol. The Morgan fingerprint density at radius 1 is 0.455 bits per heavy atom. The largest absolute Gasteiger partial charge is 0.498 e. The van der Waals surface area contributed by atoms with Crippen molar-refractivity contribution < 1.29 is 7.58 Å². The summed E-state index contributed by atoms with van der Waals surface area (Å²) in [5.74, 6) is 0. The maximum atomic E-state index is 5.89. The number of hydrogen-bond acceptors (Lipinski definition) is 2. The van der Waals surface area contributed by atoms with Crippen molar-refractivity contribution in [3.63, 3.8) is 0 Å². The van der Waals surface area contributed by atoms with E-state index in [1.807, 2.05) is 0 Å². The average Bonchev–Trinajstić information content (AvgIpc) is 2.46. The molecule has 0 aromatic carbocycles. The summed E-state index contributed by atoms with van der Waals surface area (Å²) in [6.45, 7) is 26.4. The van der Waals surface area contributed by atoms with Crippen LogP contribution in [0.15, 0.2) is 0 Å². The second-order valence-electron chi connectivity index (χ2n) is 8.22. The minimum absolute atomic E-state index is 0. The van der Waals surface area contributed by atoms with Gasteiger partial charge in [-0.2, -0.15) is 0 Å². The van der Waals surface area contributed by atoms with Crippen LogP contribution < -0.4 is 0 Å². The van der Waals surface area contributed by atoms with E-state index in [2.05, 4.69) is 83.1 Å². The normalized spacial score (nSPS) is 8.00. The third kappa shape index (κ3) is 59.9. The van der Waals surface area contributed by atoms with Crippen molar-refractivity contribution >= 4 is 29.0 Å². The molecule has 33 heavy (non-hydrogen) atoms. The second-order valence-corrected chi connectivity index (χ2v) is 14.7. The first-order valence-electron chi connectivity index (χ1n) is 10.9. The molecule has 0 rings (SSSR count). The van der Waals surface area contributed by atoms with Crippen molar-refractivity contribution in [2.75, 3.05) is 0 Å². The molecular weight excluding hydrogens is 434 g/mol. The summed E-state index contributed by atoms with van der Waals surface area (Å²) in [6.07, 6.45) is 4.67. The molecule has 0 aliphatic heterocycles. The molecule has 0 saturated carbocycles. The molecule has 2 nitrogen and oxygen atoms in total. The standard InChI is InChI=1S/2C3H7O.C3H8.4C3H7.8CH4.2Al/c2*1-3(2)4;5*1-3-2;;;;;;;;;;/h2*3H,1-2H3;3H2,1-2H3;2*3H,1-2H3;2*1,3H2,2H3;8*1H4;;/q2*-1;;;;;;;;;;;;;;2*+1. The third-order valence-corrected chi connectivity index (χ3v) is 10.6. The topological polar surface area (TPSA) is 18.5 Å². The van der Waals surface area contributed by atoms with Gasteiger partial charge in [0.2, 0.25) is 0 Å². The van der Waals surface area contributed by atoms with Gasteiger partial charge in [-0.05, 0) is 27.7 Å². The molecule has 0 unspecified atom stereocenters. The van der Waals surface area contributed by atoms with Gasteiger partial charge in [0.15, 0.2) is 0 Å². The van der Waals surface area contributed by atoms with E-state index in [1.165, 1.54) is 29.8 Å². The van der Waals surface area contributed by atoms with Crippen LogP contribution in [0.5, 0.6) is 0 Å². The Morgan fingerprint density at radius 3 is 0.727 bits per heavy atom. The summed E-state index contributed by atoms with van der Waals surface area (Å²) in [5.41, 5.74) is 0. The molecule has 0 bridgehead atoms. The molecule has 0 atom stereocenters. The van der Waals surface area contributed by atoms with Crippen molar-refractivity contribution in [1.82, 2.24) is 0 Å². The van der Waals surface area contributed by atoms with Crippen molar-refractivity contribution in [2.45, 2.75) is 194 Å². The van der Waals surface area contributed by atoms with Gasteiger partial charge in [-0.1, -0.05) is 154 Å². The van der Waals surface area contributed by atoms with Crippen LogP contribution >= 0.6 is 0 Å². The fourth-order valence-electron chi connectivity index (χ4n) is 2.39. The lowest BCUT2D eigenvalue weighted by Crippen LogP contribution is -2.25. The molecule has 0 spiro atoms. The lowest BCUT2D eigenvalue weighted by Gasteiger charge is -2.18. The molecule has 0 fully saturated rings. The first kappa shape index (κ1) is 70.0. The van der Waals surface area contributed by atoms with E-state index in [4.69, 9.17) is 7.58 Å². The molecule has 0 aromatic rings. The van der Waals surface area contributed by atoms with Crippen molar-refractivity contribution in [3.8, 4) is 0 Å². The fourth-order valence-corrected chi connectivity index (χ4v) is 7.16. The van der Waals surface area contributed by atoms with Gasteiger partial charge in [0.25, 0.3) is 0 Å². The van der Waals surface area contributed by atoms with Gasteiger partial charge in [-0.25, -0.2) is 0 Å². The minimum atomic E-state index is -0.865. The summed E-state index contributed by atoms with van der Waals surface area (Å²) in [5, 5.41) is 2.66. The fraction of sp³-hybridized carbons (Fsp3) is 1.00. The van der Waals surface area contributed by atoms with Crippen LogP contribution in [-0.2, 0) is 7.58 Å². The average molecular weight is 517 g/mol. The smallest absolute Gasteiger partial charge is 0.463 e. The SMILES string of the molecule is C.C.C.C.C.C.C.C.CCC.CC[CH2][Al]([O]C(C)C)[CH](C)C.CC[CH2][Al]([O]C(C)C)[CH](C)C. The molecule has 0 amide bonds. The summed E-state index contributed by atoms with van der Waals surface area (Å²) in [6, 6.07) is 0. The zero-order chi connectivity index (χ0) is 20.4. The summed E-state index contributed by atoms with van der Waals surface area (Å²) >= 11 is -1.73. The molecular formula is C29H82Al2O2. The van der Waals surface area contributed by atoms with Crippen LogP contribution in [0, 0.1) is 0 Å². The van der Waals surface area contributed by atoms with Gasteiger partial charge in [0, 0.05) is 12.2 Å². The Bertz CT molecular complexity index is 222. The molecule has 0 saturated heterocycles. The summed E-state index contributed by atoms with van der Waals surface area (Å²) in [7, 11) is 0. The lowest BCUT2D eigenvalue weighted by molar-refractivity contribution is 0.236. The van der Waals surface area contributed by atoms with E-state index >= 15 is 0 Å². The zero-order valence-electron chi connectivity index (χ0n) is 19.8. The van der Waals surface area contributed by atoms with Gasteiger partial charge in [-0.15, -0.1) is 0 Å². The van der Waals surface area contributed by atoms with E-state index in [0.29, 0.717) is 12.2 Å². The van der Waals surface area contributed by atoms with Crippen molar-refractivity contribution in [1.29, 1.82) is 0 Å². The summed E-state index contributed by atoms with van der Waals surface area (Å²) in [4.78, 5) is 0. The highest BCUT2D eigenvalue weighted by Gasteiger charge is 2.25. The van der Waals surface area contributed by atoms with E-state index < -0.39 is 29.0 Å². The molecule has 4 heteroatoms. The predicted molar refractivity (Wildman–Crippen MR) is 174 cm³/mol. The van der Waals surface area contributed by atoms with Crippen LogP contribution in [0.1, 0.15) is 162 Å². The first-order valence-corrected chi connectivity index (χ1v) is 14.8. The Kier molecular flexibility index (Phi) is 106. The van der Waals surface area contributed by atoms with Gasteiger partial charge in [0.05, 0.1) is 0 Å². The lowest BCUT2D eigenvalue weighted by atomic mass is 10.5. The third-order valence-electron chi connectivity index (χ3n) is 3.53. The van der Waals surface area contributed by atoms with Crippen LogP contribution in [0.25, 0.3) is 0 Å². The maximum absolute atomic E-state index is 5.89. The van der Waals surface area contributed by atoms with Crippen LogP contribution in [0.2, 0.25) is 20.1 Å². The minimum Gasteiger partial charge on any atom is -0.498 e. The van der Waals surface area contributed by atoms with E-state index in [9.17, 15) is 0 Å². The Morgan fingerprint density at radius 2 is 0.636 bits per heavy atom. The first-order chi connectivity index (χ1) is 11.6. The highest BCUT2D eigenvalue weighted by atomic mass is 27.2. The second kappa shape index (κ2) is 50.0. The predicted octanol–water partition coefficient (Wildman–Crippen LogP) is 13.0. The zero-order valence-corrected chi connectivity index (χ0v) is 22.1. The van der Waals surface area contributed by atoms with Gasteiger partial charge in [-0.3, -0.25) is 0 Å². The van der Waals surface area contributed by atoms with Crippen LogP contribution in [0.4, 0.5) is 0 Å². The van der Waals surface area contributed by atoms with Crippen molar-refractivity contribution in [2.24, 2.45) is 0 Å². The van der Waals surface area contributed by atoms with E-state index in [0.717, 1.165) is 9.56 Å². The number of hydrogen-bond donors (Lipinski definition) is 0. The van der Waals surface area contributed by atoms with Crippen LogP contribution in [-0.4, -0.2) is 41.2 Å². The Balaban J connectivity index is -0.0000000239. The Hall–Kier alpha value is 0.985. The molecule has 0 aliphatic carbocycles. The maximum Gasteiger partial charge on any atom is 0.463 e. The number of rotatable bonds is 10. The van der Waals surface area contributed by atoms with Crippen molar-refractivity contribution in [3.05, 3.63) is 0 Å². The molecule has 0 aliphatic rings. The highest BCUT2D eigenvalue weighted by molar-refractivity contribution is 6.53. The molecule has 0 radical (unpaired) electrons. The summed E-state index contributed by atoms with van der Waals surface area (Å²) < 4.78 is 13.4. The van der Waals surface area contributed by atoms with Gasteiger partial charge >= 0.3 is 29.0 Å². The highest BCUT2D eigenvalue weighted by Crippen LogP contribution is 2.16. The molecule has 0 N–H and O–H groups in total. The quantitative estimate of drug-likeness (QED) is 0.269. The van der Waals surface area contributed by atoms with Gasteiger partial charge in [0.1, 0.15) is 0 Å². The Labute approximate surface area is 229 Å². The van der Waals surface area contributed by atoms with Gasteiger partial charge < -0.3 is 7.58 Å².